The number of hydrogen-bond acceptors (Lipinski definition) is 1. The van der Waals surface area contributed by atoms with Crippen LogP contribution in [0, 0.1) is 5.92 Å². The second-order valence-electron chi connectivity index (χ2n) is 6.96. The maximum Gasteiger partial charge on any atom is 0.141 e. The van der Waals surface area contributed by atoms with Gasteiger partial charge in [-0.3, -0.25) is 0 Å². The van der Waals surface area contributed by atoms with Gasteiger partial charge >= 0.3 is 0 Å². The Hall–Kier alpha value is -2.02. The molecule has 0 bridgehead atoms. The minimum atomic E-state index is -0.219. The van der Waals surface area contributed by atoms with E-state index in [0.29, 0.717) is 5.92 Å². The molecule has 1 saturated carbocycles. The number of unbranched alkanes of at least 4 members (excludes halogenated alkanes) is 1. The van der Waals surface area contributed by atoms with Crippen LogP contribution in [0.4, 0.5) is 0 Å². The fourth-order valence-corrected chi connectivity index (χ4v) is 4.48. The van der Waals surface area contributed by atoms with Gasteiger partial charge in [0.15, 0.2) is 0 Å². The zero-order valence-corrected chi connectivity index (χ0v) is 13.8. The molecular weight excluding hydrogens is 280 g/mol. The molecule has 1 nitrogen and oxygen atoms in total. The largest absolute Gasteiger partial charge is 0.482 e. The van der Waals surface area contributed by atoms with Gasteiger partial charge in [0.2, 0.25) is 0 Å². The lowest BCUT2D eigenvalue weighted by molar-refractivity contribution is -0.00401. The quantitative estimate of drug-likeness (QED) is 0.675. The summed E-state index contributed by atoms with van der Waals surface area (Å²) in [6, 6.07) is 19.1. The summed E-state index contributed by atoms with van der Waals surface area (Å²) in [4.78, 5) is 0. The summed E-state index contributed by atoms with van der Waals surface area (Å²) in [7, 11) is 0. The second kappa shape index (κ2) is 5.56. The molecule has 0 amide bonds. The summed E-state index contributed by atoms with van der Waals surface area (Å²) in [6.45, 7) is 6.72. The van der Waals surface area contributed by atoms with Gasteiger partial charge in [-0.15, -0.1) is 0 Å². The lowest BCUT2D eigenvalue weighted by atomic mass is 9.55. The predicted molar refractivity (Wildman–Crippen MR) is 95.7 cm³/mol. The van der Waals surface area contributed by atoms with Gasteiger partial charge in [0.25, 0.3) is 0 Å². The van der Waals surface area contributed by atoms with Crippen LogP contribution in [0.25, 0.3) is 5.57 Å². The molecule has 1 heterocycles. The summed E-state index contributed by atoms with van der Waals surface area (Å²) >= 11 is 0. The van der Waals surface area contributed by atoms with Crippen LogP contribution in [0.5, 0.6) is 5.75 Å². The molecule has 0 spiro atoms. The topological polar surface area (TPSA) is 9.23 Å². The molecule has 2 aliphatic rings. The Balaban J connectivity index is 1.70. The van der Waals surface area contributed by atoms with Crippen molar-refractivity contribution < 1.29 is 4.74 Å². The van der Waals surface area contributed by atoms with Crippen LogP contribution in [0.3, 0.4) is 0 Å². The maximum atomic E-state index is 6.52. The van der Waals surface area contributed by atoms with Gasteiger partial charge in [-0.25, -0.2) is 0 Å². The molecule has 1 fully saturated rings. The normalized spacial score (nSPS) is 27.5. The molecule has 118 valence electrons. The Bertz CT molecular complexity index is 718. The van der Waals surface area contributed by atoms with Gasteiger partial charge in [0, 0.05) is 11.5 Å². The predicted octanol–water partition coefficient (Wildman–Crippen LogP) is 5.82. The molecule has 23 heavy (non-hydrogen) atoms. The highest BCUT2D eigenvalue weighted by molar-refractivity contribution is 5.76. The van der Waals surface area contributed by atoms with Crippen LogP contribution in [-0.4, -0.2) is 5.60 Å². The van der Waals surface area contributed by atoms with Crippen molar-refractivity contribution in [2.75, 3.05) is 0 Å². The van der Waals surface area contributed by atoms with Gasteiger partial charge in [-0.05, 0) is 36.0 Å². The Kier molecular flexibility index (Phi) is 3.52. The zero-order valence-electron chi connectivity index (χ0n) is 13.8. The van der Waals surface area contributed by atoms with Crippen molar-refractivity contribution in [3.8, 4) is 5.75 Å². The smallest absolute Gasteiger partial charge is 0.141 e. The first-order valence-electron chi connectivity index (χ1n) is 8.79. The molecule has 1 aliphatic heterocycles. The highest BCUT2D eigenvalue weighted by Gasteiger charge is 2.62. The van der Waals surface area contributed by atoms with E-state index >= 15 is 0 Å². The van der Waals surface area contributed by atoms with Gasteiger partial charge in [-0.2, -0.15) is 0 Å². The third-order valence-corrected chi connectivity index (χ3v) is 5.65. The summed E-state index contributed by atoms with van der Waals surface area (Å²) in [5.41, 5.74) is 3.52. The molecule has 0 unspecified atom stereocenters. The maximum absolute atomic E-state index is 6.52. The summed E-state index contributed by atoms with van der Waals surface area (Å²) in [5.74, 6) is 2.26. The number of fused-ring (bicyclic) bond motifs is 3. The van der Waals surface area contributed by atoms with Crippen molar-refractivity contribution in [3.63, 3.8) is 0 Å². The Labute approximate surface area is 139 Å². The van der Waals surface area contributed by atoms with Gasteiger partial charge in [-0.1, -0.05) is 74.9 Å². The van der Waals surface area contributed by atoms with Crippen LogP contribution >= 0.6 is 0 Å². The first-order valence-corrected chi connectivity index (χ1v) is 8.79. The minimum Gasteiger partial charge on any atom is -0.482 e. The van der Waals surface area contributed by atoms with Crippen LogP contribution in [0.15, 0.2) is 61.2 Å². The fraction of sp³-hybridized carbons (Fsp3) is 0.364. The number of benzene rings is 2. The van der Waals surface area contributed by atoms with E-state index in [1.54, 1.807) is 0 Å². The average molecular weight is 304 g/mol. The highest BCUT2D eigenvalue weighted by Crippen LogP contribution is 2.65. The SMILES string of the molecule is C=C(c1ccccc1)[C@]12C[C@H](CCCC)[C@H]1c1ccccc1O2. The molecule has 0 aromatic heterocycles. The number of ether oxygens (including phenoxy) is 1. The third-order valence-electron chi connectivity index (χ3n) is 5.65. The van der Waals surface area contributed by atoms with Crippen molar-refractivity contribution >= 4 is 5.57 Å². The molecule has 2 aromatic carbocycles. The standard InChI is InChI=1S/C22H24O/c1-3-4-10-18-15-22(16(2)17-11-6-5-7-12-17)21(18)19-13-8-9-14-20(19)23-22/h5-9,11-14,18,21H,2-4,10,15H2,1H3/t18-,21-,22+/m0/s1. The first-order chi connectivity index (χ1) is 11.3. The van der Waals surface area contributed by atoms with Crippen molar-refractivity contribution in [3.05, 3.63) is 72.3 Å². The molecular formula is C22H24O. The van der Waals surface area contributed by atoms with E-state index in [9.17, 15) is 0 Å². The van der Waals surface area contributed by atoms with Crippen molar-refractivity contribution in [1.82, 2.24) is 0 Å². The Morgan fingerprint density at radius 3 is 2.65 bits per heavy atom. The molecule has 2 aromatic rings. The van der Waals surface area contributed by atoms with Gasteiger partial charge in [0.1, 0.15) is 11.4 Å². The van der Waals surface area contributed by atoms with Crippen LogP contribution in [0.1, 0.15) is 49.7 Å². The van der Waals surface area contributed by atoms with E-state index in [4.69, 9.17) is 4.74 Å². The van der Waals surface area contributed by atoms with E-state index in [0.717, 1.165) is 23.7 Å². The van der Waals surface area contributed by atoms with Gasteiger partial charge in [0.05, 0.1) is 0 Å². The zero-order chi connectivity index (χ0) is 15.9. The molecule has 4 rings (SSSR count). The van der Waals surface area contributed by atoms with E-state index < -0.39 is 0 Å². The number of para-hydroxylation sites is 1. The summed E-state index contributed by atoms with van der Waals surface area (Å²) in [5, 5.41) is 0. The van der Waals surface area contributed by atoms with E-state index in [-0.39, 0.29) is 5.60 Å². The van der Waals surface area contributed by atoms with Crippen LogP contribution < -0.4 is 4.74 Å². The van der Waals surface area contributed by atoms with Crippen LogP contribution in [-0.2, 0) is 0 Å². The second-order valence-corrected chi connectivity index (χ2v) is 6.96. The summed E-state index contributed by atoms with van der Waals surface area (Å²) < 4.78 is 6.52. The highest BCUT2D eigenvalue weighted by atomic mass is 16.5. The van der Waals surface area contributed by atoms with Gasteiger partial charge < -0.3 is 4.74 Å². The molecule has 1 aliphatic carbocycles. The fourth-order valence-electron chi connectivity index (χ4n) is 4.48. The number of rotatable bonds is 5. The van der Waals surface area contributed by atoms with Crippen molar-refractivity contribution in [2.24, 2.45) is 5.92 Å². The van der Waals surface area contributed by atoms with E-state index in [2.05, 4.69) is 68.1 Å². The van der Waals surface area contributed by atoms with Crippen molar-refractivity contribution in [2.45, 2.75) is 44.1 Å². The molecule has 0 N–H and O–H groups in total. The Morgan fingerprint density at radius 2 is 1.87 bits per heavy atom. The first kappa shape index (κ1) is 14.6. The Morgan fingerprint density at radius 1 is 1.13 bits per heavy atom. The molecule has 1 heteroatoms. The van der Waals surface area contributed by atoms with Crippen LogP contribution in [0.2, 0.25) is 0 Å². The third kappa shape index (κ3) is 2.14. The summed E-state index contributed by atoms with van der Waals surface area (Å²) in [6.07, 6.45) is 4.96. The average Bonchev–Trinajstić information content (AvgIpc) is 2.84. The van der Waals surface area contributed by atoms with Crippen molar-refractivity contribution in [1.29, 1.82) is 0 Å². The lowest BCUT2D eigenvalue weighted by Gasteiger charge is -2.51. The monoisotopic (exact) mass is 304 g/mol. The molecule has 3 atom stereocenters. The van der Waals surface area contributed by atoms with E-state index in [1.807, 2.05) is 0 Å². The lowest BCUT2D eigenvalue weighted by Crippen LogP contribution is -2.53. The van der Waals surface area contributed by atoms with E-state index in [1.165, 1.54) is 30.4 Å². The molecule has 0 saturated heterocycles. The minimum absolute atomic E-state index is 0.219. The number of hydrogen-bond donors (Lipinski definition) is 0. The molecule has 0 radical (unpaired) electrons.